The second-order valence-corrected chi connectivity index (χ2v) is 45.2. The second-order valence-electron chi connectivity index (χ2n) is 40.1. The lowest BCUT2D eigenvalue weighted by Gasteiger charge is -2.38. The highest BCUT2D eigenvalue weighted by molar-refractivity contribution is 8.13. The molecule has 8 heterocycles. The third-order valence-electron chi connectivity index (χ3n) is 24.6. The molecule has 0 aromatic carbocycles. The summed E-state index contributed by atoms with van der Waals surface area (Å²) in [6.45, 7) is 36.3. The highest BCUT2D eigenvalue weighted by Crippen LogP contribution is 2.35. The van der Waals surface area contributed by atoms with Crippen LogP contribution in [0.3, 0.4) is 0 Å². The van der Waals surface area contributed by atoms with Gasteiger partial charge in [0, 0.05) is 119 Å². The molecule has 8 aliphatic rings. The number of rotatable bonds is 45. The number of carboxylic acid groups (broad SMARTS) is 1. The Labute approximate surface area is 816 Å². The molecule has 0 unspecified atom stereocenters. The monoisotopic (exact) mass is 1970 g/mol. The van der Waals surface area contributed by atoms with Gasteiger partial charge in [-0.3, -0.25) is 38.9 Å². The first-order valence-corrected chi connectivity index (χ1v) is 55.4. The first kappa shape index (κ1) is 123. The van der Waals surface area contributed by atoms with Crippen LogP contribution in [0.1, 0.15) is 418 Å². The van der Waals surface area contributed by atoms with Crippen molar-refractivity contribution >= 4 is 107 Å². The molecular formula is C99H177Cl2N15O16S2. The Hall–Kier alpha value is -6.75. The molecule has 31 nitrogen and oxygen atoms in total. The van der Waals surface area contributed by atoms with Crippen molar-refractivity contribution < 1.29 is 74.5 Å². The predicted octanol–water partition coefficient (Wildman–Crippen LogP) is 19.9. The van der Waals surface area contributed by atoms with Gasteiger partial charge in [0.25, 0.3) is 17.7 Å². The molecule has 0 aromatic heterocycles. The van der Waals surface area contributed by atoms with E-state index in [1.54, 1.807) is 14.7 Å². The van der Waals surface area contributed by atoms with Gasteiger partial charge in [-0.1, -0.05) is 234 Å². The van der Waals surface area contributed by atoms with Gasteiger partial charge >= 0.3 is 24.2 Å². The molecule has 0 radical (unpaired) electrons. The van der Waals surface area contributed by atoms with Gasteiger partial charge in [0.1, 0.15) is 62.0 Å². The molecule has 0 bridgehead atoms. The van der Waals surface area contributed by atoms with Gasteiger partial charge in [-0.05, 0) is 159 Å². The average molecular weight is 1970 g/mol. The number of likely N-dealkylation sites (tertiary alicyclic amines) is 3. The van der Waals surface area contributed by atoms with Crippen LogP contribution in [0, 0.1) is 22.7 Å². The molecule has 3 spiro atoms. The van der Waals surface area contributed by atoms with Crippen LogP contribution in [0.4, 0.5) is 14.4 Å². The van der Waals surface area contributed by atoms with E-state index in [4.69, 9.17) is 62.6 Å². The van der Waals surface area contributed by atoms with E-state index in [2.05, 4.69) is 84.9 Å². The van der Waals surface area contributed by atoms with Crippen molar-refractivity contribution in [3.05, 3.63) is 12.0 Å². The number of carbonyl (C=O) groups excluding carboxylic acids is 7. The number of sulfonamides is 1. The van der Waals surface area contributed by atoms with Gasteiger partial charge in [0.2, 0.25) is 25.0 Å². The standard InChI is InChI=1S/2C21H37N3O3.C18H31N3O3S.C16H29N3O.C11H19N3O2.C10H20O2.C2H4Cl2O2S/c1-5-6-7-8-9-10-11-12-17-22-18(25)21(23-17)13-15-24(16-14-21)19(26)27-20(2,3)4;1-5-6-7-8-9-10-11-12-18(25)23-21(17-22)13-15-24(16-14-21)19(26)27-20(2,3)4;1-3-5-6-7-8-9-10-11-16-19-17(22)18(20-16)12-14-21(15-13-18)25(23,24)4-2;1-2-3-4-5-6-7-8-9-14-18-15(20)16(19-14)10-12-17-13-11-16;1-10(2,3)16-9(15)14-6-4-11(13,8-12)5-7-14;1-2-3-4-5-6-7-8-9-10(11)12;3-1-2-7(4,5)6/h5-16H2,1-4H3,(H,22,23,25);5-16H2,1-4H3,(H,23,25);4H,2-3,5-15H2,1H3,(H,19,20,22);17H,2-13H2,1H3,(H,18,19,20);4-7,13H2,1-3H3;2-9H2,1H3,(H,11,12);1-2H2. The van der Waals surface area contributed by atoms with Gasteiger partial charge in [-0.2, -0.15) is 14.8 Å². The largest absolute Gasteiger partial charge is 0.481 e. The Morgan fingerprint density at radius 2 is 0.739 bits per heavy atom. The van der Waals surface area contributed by atoms with Gasteiger partial charge in [0.15, 0.2) is 0 Å². The lowest BCUT2D eigenvalue weighted by molar-refractivity contribution is -0.137. The Bertz CT molecular complexity index is 3890. The van der Waals surface area contributed by atoms with Crippen LogP contribution in [0.25, 0.3) is 0 Å². The zero-order chi connectivity index (χ0) is 100. The maximum Gasteiger partial charge on any atom is 0.410 e. The Kier molecular flexibility index (Phi) is 60.0. The smallest absolute Gasteiger partial charge is 0.410 e. The van der Waals surface area contributed by atoms with E-state index in [-0.39, 0.29) is 53.5 Å². The molecule has 5 fully saturated rings. The first-order valence-electron chi connectivity index (χ1n) is 50.9. The van der Waals surface area contributed by atoms with E-state index < -0.39 is 69.5 Å². The van der Waals surface area contributed by atoms with E-state index in [1.165, 1.54) is 178 Å². The van der Waals surface area contributed by atoms with E-state index in [9.17, 15) is 60.5 Å². The van der Waals surface area contributed by atoms with Crippen LogP contribution < -0.4 is 32.3 Å². The van der Waals surface area contributed by atoms with Crippen LogP contribution in [-0.4, -0.2) is 228 Å². The van der Waals surface area contributed by atoms with E-state index in [1.807, 2.05) is 62.3 Å². The number of aliphatic imine (C=N–C) groups is 3. The zero-order valence-corrected chi connectivity index (χ0v) is 88.0. The molecule has 770 valence electrons. The highest BCUT2D eigenvalue weighted by atomic mass is 35.7. The van der Waals surface area contributed by atoms with Gasteiger partial charge in [0.05, 0.1) is 17.9 Å². The fraction of sp³-hybridized carbons (Fsp3) is 0.848. The average Bonchev–Trinajstić information content (AvgIpc) is 1.63. The summed E-state index contributed by atoms with van der Waals surface area (Å²) in [5, 5.41) is 42.9. The van der Waals surface area contributed by atoms with Crippen LogP contribution in [0.15, 0.2) is 27.0 Å². The van der Waals surface area contributed by atoms with Crippen LogP contribution in [0.2, 0.25) is 0 Å². The fourth-order valence-electron chi connectivity index (χ4n) is 16.4. The summed E-state index contributed by atoms with van der Waals surface area (Å²) in [7, 11) is -2.02. The molecule has 134 heavy (non-hydrogen) atoms. The molecule has 7 amide bonds. The first-order chi connectivity index (χ1) is 63.3. The molecule has 8 rings (SSSR count). The van der Waals surface area contributed by atoms with E-state index >= 15 is 0 Å². The lowest BCUT2D eigenvalue weighted by Crippen LogP contribution is -2.55. The van der Waals surface area contributed by atoms with Gasteiger partial charge in [-0.15, -0.1) is 11.6 Å². The predicted molar refractivity (Wildman–Crippen MR) is 538 cm³/mol. The van der Waals surface area contributed by atoms with E-state index in [0.717, 1.165) is 119 Å². The maximum absolute atomic E-state index is 12.5. The van der Waals surface area contributed by atoms with Crippen molar-refractivity contribution in [3.63, 3.8) is 0 Å². The molecule has 0 saturated carbocycles. The number of nitrogens with one attached hydrogen (secondary N) is 5. The second kappa shape index (κ2) is 65.2. The third kappa shape index (κ3) is 52.3. The molecule has 5 saturated heterocycles. The number of ether oxygens (including phenoxy) is 3. The van der Waals surface area contributed by atoms with Crippen molar-refractivity contribution in [3.8, 4) is 12.1 Å². The number of carboxylic acids is 1. The summed E-state index contributed by atoms with van der Waals surface area (Å²) in [6, 6.07) is 4.36. The fourth-order valence-corrected chi connectivity index (χ4v) is 18.6. The number of nitriles is 2. The number of aliphatic carboxylic acids is 1. The van der Waals surface area contributed by atoms with Crippen molar-refractivity contribution in [2.45, 2.75) is 462 Å². The lowest BCUT2D eigenvalue weighted by atomic mass is 9.88. The molecule has 0 atom stereocenters. The van der Waals surface area contributed by atoms with Crippen LogP contribution >= 0.6 is 22.3 Å². The Morgan fingerprint density at radius 1 is 0.455 bits per heavy atom. The Balaban J connectivity index is 0.000000544. The number of amides is 7. The van der Waals surface area contributed by atoms with Crippen molar-refractivity contribution in [1.29, 1.82) is 10.5 Å². The number of unbranched alkanes of at least 4 members (excludes halogenated alkanes) is 30. The normalized spacial score (nSPS) is 18.1. The highest BCUT2D eigenvalue weighted by Gasteiger charge is 2.49. The third-order valence-corrected chi connectivity index (χ3v) is 27.7. The minimum Gasteiger partial charge on any atom is -0.481 e. The van der Waals surface area contributed by atoms with Gasteiger partial charge < -0.3 is 66.3 Å². The number of carbonyl (C=O) groups is 8. The SMILES string of the molecule is C=CS(=O)(=O)N1CCC2(CC1)N=C(CCCCCCCCC)NC2=O.CC(C)(C)OC(=O)N1CCC(N)(C#N)CC1.CCCCCCCCCC(=O)NC1(C#N)CCN(C(=O)OC(C)(C)C)CC1.CCCCCCCCCC(=O)O.CCCCCCCCCC1=NC2(CCN(C(=O)OC(C)(C)C)CC2)C(=O)N1.CCCCCCCCCC1=NC2(CCNCC2)C(=O)N1.O=S(=O)(Cl)CCCl. The number of nitrogens with two attached hydrogens (primary N) is 1. The summed E-state index contributed by atoms with van der Waals surface area (Å²) in [5.41, 5.74) is 0.784. The molecule has 0 aromatic rings. The number of alkyl halides is 1. The summed E-state index contributed by atoms with van der Waals surface area (Å²) in [6.07, 6.45) is 50.9. The van der Waals surface area contributed by atoms with Crippen molar-refractivity contribution in [2.24, 2.45) is 20.7 Å². The molecule has 35 heteroatoms. The molecular weight excluding hydrogens is 1790 g/mol. The Morgan fingerprint density at radius 3 is 1.01 bits per heavy atom. The van der Waals surface area contributed by atoms with Crippen molar-refractivity contribution in [2.75, 3.05) is 77.1 Å². The zero-order valence-electron chi connectivity index (χ0n) is 84.9. The minimum atomic E-state index is -3.41. The summed E-state index contributed by atoms with van der Waals surface area (Å²) >= 11 is 5.02. The molecule has 8 N–H and O–H groups in total. The quantitative estimate of drug-likeness (QED) is 0.0129. The number of nitrogens with zero attached hydrogens (tertiary/aromatic N) is 9. The summed E-state index contributed by atoms with van der Waals surface area (Å²) < 4.78 is 60.9. The minimum absolute atomic E-state index is 0.00397. The van der Waals surface area contributed by atoms with Crippen LogP contribution in [-0.2, 0) is 57.3 Å². The summed E-state index contributed by atoms with van der Waals surface area (Å²) in [5.74, 6) is 1.80. The number of hydrogen-bond acceptors (Lipinski definition) is 22. The maximum atomic E-state index is 12.5. The number of halogens is 2. The topological polar surface area (TPSA) is 437 Å². The van der Waals surface area contributed by atoms with Crippen molar-refractivity contribution in [1.82, 2.24) is 45.6 Å². The number of piperidine rings is 5. The number of amidine groups is 3. The molecule has 0 aliphatic carbocycles. The summed E-state index contributed by atoms with van der Waals surface area (Å²) in [4.78, 5) is 114. The van der Waals surface area contributed by atoms with E-state index in [0.29, 0.717) is 117 Å². The van der Waals surface area contributed by atoms with Gasteiger partial charge in [-0.25, -0.2) is 31.2 Å². The molecule has 8 aliphatic heterocycles. The number of hydrogen-bond donors (Lipinski definition) is 7. The van der Waals surface area contributed by atoms with Crippen LogP contribution in [0.5, 0.6) is 0 Å².